The fourth-order valence-electron chi connectivity index (χ4n) is 2.66. The lowest BCUT2D eigenvalue weighted by molar-refractivity contribution is -0.133. The highest BCUT2D eigenvalue weighted by atomic mass is 79.9. The van der Waals surface area contributed by atoms with Crippen molar-refractivity contribution in [2.75, 3.05) is 11.9 Å². The van der Waals surface area contributed by atoms with Gasteiger partial charge in [-0.05, 0) is 24.3 Å². The topological polar surface area (TPSA) is 20.3 Å². The lowest BCUT2D eigenvalue weighted by Gasteiger charge is -2.34. The molecule has 0 saturated heterocycles. The Hall–Kier alpha value is -0.350. The number of hydrogen-bond donors (Lipinski definition) is 0. The molecule has 2 rings (SSSR count). The zero-order chi connectivity index (χ0) is 12.8. The fourth-order valence-corrected chi connectivity index (χ4v) is 3.74. The van der Waals surface area contributed by atoms with Crippen molar-refractivity contribution in [3.05, 3.63) is 22.4 Å². The molecule has 0 aliphatic heterocycles. The minimum Gasteiger partial charge on any atom is -0.339 e. The van der Waals surface area contributed by atoms with Crippen LogP contribution in [0, 0.1) is 0 Å². The maximum Gasteiger partial charge on any atom is 0.228 e. The van der Waals surface area contributed by atoms with Gasteiger partial charge in [0.2, 0.25) is 5.91 Å². The van der Waals surface area contributed by atoms with Crippen molar-refractivity contribution in [1.82, 2.24) is 4.90 Å². The molecular weight excluding hydrogens is 310 g/mol. The largest absolute Gasteiger partial charge is 0.339 e. The number of alkyl halides is 1. The molecule has 0 atom stereocenters. The highest BCUT2D eigenvalue weighted by Gasteiger charge is 2.24. The van der Waals surface area contributed by atoms with E-state index in [0.717, 1.165) is 11.9 Å². The average molecular weight is 330 g/mol. The first kappa shape index (κ1) is 14.1. The maximum atomic E-state index is 12.4. The molecule has 0 bridgehead atoms. The first-order chi connectivity index (χ1) is 8.81. The smallest absolute Gasteiger partial charge is 0.228 e. The molecule has 1 saturated carbocycles. The summed E-state index contributed by atoms with van der Waals surface area (Å²) in [6, 6.07) is 4.54. The van der Waals surface area contributed by atoms with E-state index in [1.807, 2.05) is 11.4 Å². The molecule has 1 aliphatic rings. The van der Waals surface area contributed by atoms with Crippen molar-refractivity contribution in [1.29, 1.82) is 0 Å². The van der Waals surface area contributed by atoms with Crippen LogP contribution in [-0.2, 0) is 11.2 Å². The van der Waals surface area contributed by atoms with E-state index < -0.39 is 0 Å². The monoisotopic (exact) mass is 329 g/mol. The number of carbonyl (C=O) groups excluding carboxylic acids is 1. The lowest BCUT2D eigenvalue weighted by atomic mass is 9.94. The molecule has 1 aromatic rings. The number of halogens is 1. The second-order valence-corrected chi connectivity index (χ2v) is 6.65. The van der Waals surface area contributed by atoms with Gasteiger partial charge in [0.25, 0.3) is 0 Å². The molecule has 1 heterocycles. The Morgan fingerprint density at radius 1 is 1.39 bits per heavy atom. The molecule has 1 aromatic heterocycles. The molecule has 2 nitrogen and oxygen atoms in total. The standard InChI is InChI=1S/C14H20BrNOS/c15-8-9-16(12-5-2-1-3-6-12)14(17)11-13-7-4-10-18-13/h4,7,10,12H,1-3,5-6,8-9,11H2. The van der Waals surface area contributed by atoms with E-state index in [1.165, 1.54) is 37.0 Å². The summed E-state index contributed by atoms with van der Waals surface area (Å²) in [5.74, 6) is 0.295. The summed E-state index contributed by atoms with van der Waals surface area (Å²) in [5.41, 5.74) is 0. The Balaban J connectivity index is 1.97. The molecular formula is C14H20BrNOS. The van der Waals surface area contributed by atoms with Gasteiger partial charge in [0.15, 0.2) is 0 Å². The van der Waals surface area contributed by atoms with Crippen molar-refractivity contribution >= 4 is 33.2 Å². The Morgan fingerprint density at radius 2 is 2.17 bits per heavy atom. The normalized spacial score (nSPS) is 16.7. The lowest BCUT2D eigenvalue weighted by Crippen LogP contribution is -2.43. The zero-order valence-corrected chi connectivity index (χ0v) is 13.0. The molecule has 1 fully saturated rings. The van der Waals surface area contributed by atoms with E-state index in [-0.39, 0.29) is 0 Å². The van der Waals surface area contributed by atoms with Gasteiger partial charge in [-0.1, -0.05) is 41.3 Å². The molecule has 0 N–H and O–H groups in total. The van der Waals surface area contributed by atoms with E-state index in [1.54, 1.807) is 11.3 Å². The average Bonchev–Trinajstić information content (AvgIpc) is 2.89. The van der Waals surface area contributed by atoms with Gasteiger partial charge < -0.3 is 4.90 Å². The minimum absolute atomic E-state index is 0.295. The van der Waals surface area contributed by atoms with Crippen LogP contribution in [0.3, 0.4) is 0 Å². The van der Waals surface area contributed by atoms with Crippen molar-refractivity contribution in [3.63, 3.8) is 0 Å². The van der Waals surface area contributed by atoms with Gasteiger partial charge in [0, 0.05) is 22.8 Å². The highest BCUT2D eigenvalue weighted by molar-refractivity contribution is 9.09. The molecule has 0 spiro atoms. The number of rotatable bonds is 5. The van der Waals surface area contributed by atoms with Gasteiger partial charge in [0.05, 0.1) is 6.42 Å². The molecule has 18 heavy (non-hydrogen) atoms. The van der Waals surface area contributed by atoms with E-state index in [2.05, 4.69) is 26.9 Å². The SMILES string of the molecule is O=C(Cc1cccs1)N(CCBr)C1CCCCC1. The predicted octanol–water partition coefficient (Wildman–Crippen LogP) is 3.85. The second kappa shape index (κ2) is 7.29. The van der Waals surface area contributed by atoms with Crippen LogP contribution in [0.15, 0.2) is 17.5 Å². The summed E-state index contributed by atoms with van der Waals surface area (Å²) in [7, 11) is 0. The van der Waals surface area contributed by atoms with Crippen LogP contribution >= 0.6 is 27.3 Å². The fraction of sp³-hybridized carbons (Fsp3) is 0.643. The van der Waals surface area contributed by atoms with Gasteiger partial charge in [0.1, 0.15) is 0 Å². The summed E-state index contributed by atoms with van der Waals surface area (Å²) < 4.78 is 0. The van der Waals surface area contributed by atoms with Crippen LogP contribution < -0.4 is 0 Å². The van der Waals surface area contributed by atoms with E-state index in [9.17, 15) is 4.79 Å². The van der Waals surface area contributed by atoms with Gasteiger partial charge in [-0.3, -0.25) is 4.79 Å². The van der Waals surface area contributed by atoms with Gasteiger partial charge in [-0.25, -0.2) is 0 Å². The van der Waals surface area contributed by atoms with Gasteiger partial charge >= 0.3 is 0 Å². The van der Waals surface area contributed by atoms with E-state index in [4.69, 9.17) is 0 Å². The molecule has 4 heteroatoms. The number of thiophene rings is 1. The molecule has 0 aromatic carbocycles. The molecule has 100 valence electrons. The maximum absolute atomic E-state index is 12.4. The van der Waals surface area contributed by atoms with E-state index >= 15 is 0 Å². The Labute approximate surface area is 122 Å². The summed E-state index contributed by atoms with van der Waals surface area (Å²) in [6.45, 7) is 0.842. The third-order valence-electron chi connectivity index (χ3n) is 3.57. The summed E-state index contributed by atoms with van der Waals surface area (Å²) in [5, 5.41) is 2.91. The van der Waals surface area contributed by atoms with Gasteiger partial charge in [-0.2, -0.15) is 0 Å². The van der Waals surface area contributed by atoms with Crippen LogP contribution in [0.2, 0.25) is 0 Å². The molecule has 1 amide bonds. The number of amides is 1. The molecule has 0 radical (unpaired) electrons. The van der Waals surface area contributed by atoms with Crippen molar-refractivity contribution in [2.45, 2.75) is 44.6 Å². The van der Waals surface area contributed by atoms with Crippen LogP contribution in [-0.4, -0.2) is 28.7 Å². The summed E-state index contributed by atoms with van der Waals surface area (Å²) >= 11 is 5.15. The van der Waals surface area contributed by atoms with Crippen LogP contribution in [0.1, 0.15) is 37.0 Å². The first-order valence-corrected chi connectivity index (χ1v) is 8.69. The van der Waals surface area contributed by atoms with Crippen LogP contribution in [0.5, 0.6) is 0 Å². The number of carbonyl (C=O) groups is 1. The third-order valence-corrected chi connectivity index (χ3v) is 4.80. The number of nitrogens with zero attached hydrogens (tertiary/aromatic N) is 1. The predicted molar refractivity (Wildman–Crippen MR) is 80.4 cm³/mol. The Morgan fingerprint density at radius 3 is 2.78 bits per heavy atom. The molecule has 1 aliphatic carbocycles. The zero-order valence-electron chi connectivity index (χ0n) is 10.6. The van der Waals surface area contributed by atoms with E-state index in [0.29, 0.717) is 18.4 Å². The number of hydrogen-bond acceptors (Lipinski definition) is 2. The van der Waals surface area contributed by atoms with Crippen LogP contribution in [0.4, 0.5) is 0 Å². The van der Waals surface area contributed by atoms with Crippen molar-refractivity contribution in [2.24, 2.45) is 0 Å². The highest BCUT2D eigenvalue weighted by Crippen LogP contribution is 2.23. The Kier molecular flexibility index (Phi) is 5.70. The van der Waals surface area contributed by atoms with Crippen LogP contribution in [0.25, 0.3) is 0 Å². The third kappa shape index (κ3) is 3.82. The first-order valence-electron chi connectivity index (χ1n) is 6.69. The van der Waals surface area contributed by atoms with Crippen molar-refractivity contribution in [3.8, 4) is 0 Å². The minimum atomic E-state index is 0.295. The second-order valence-electron chi connectivity index (χ2n) is 4.82. The Bertz CT molecular complexity index is 360. The summed E-state index contributed by atoms with van der Waals surface area (Å²) in [4.78, 5) is 15.7. The van der Waals surface area contributed by atoms with Gasteiger partial charge in [-0.15, -0.1) is 11.3 Å². The molecule has 0 unspecified atom stereocenters. The summed E-state index contributed by atoms with van der Waals surface area (Å²) in [6.07, 6.45) is 6.82. The quantitative estimate of drug-likeness (QED) is 0.751. The van der Waals surface area contributed by atoms with Crippen molar-refractivity contribution < 1.29 is 4.79 Å².